The van der Waals surface area contributed by atoms with Crippen LogP contribution in [0.15, 0.2) is 51.8 Å². The Labute approximate surface area is 198 Å². The van der Waals surface area contributed by atoms with Crippen LogP contribution in [-0.2, 0) is 6.42 Å². The minimum atomic E-state index is -2.88. The predicted octanol–water partition coefficient (Wildman–Crippen LogP) is 4.52. The molecule has 14 heteroatoms. The molecule has 1 N–H and O–H groups in total. The first-order valence-corrected chi connectivity index (χ1v) is 10.7. The van der Waals surface area contributed by atoms with Crippen molar-refractivity contribution in [2.45, 2.75) is 25.4 Å². The fourth-order valence-electron chi connectivity index (χ4n) is 4.38. The summed E-state index contributed by atoms with van der Waals surface area (Å²) in [4.78, 5) is 22.0. The molecule has 5 heterocycles. The Balaban J connectivity index is 1.42. The van der Waals surface area contributed by atoms with Crippen molar-refractivity contribution in [3.63, 3.8) is 0 Å². The summed E-state index contributed by atoms with van der Waals surface area (Å²) in [6, 6.07) is 5.27. The van der Waals surface area contributed by atoms with Crippen LogP contribution in [0.2, 0.25) is 0 Å². The van der Waals surface area contributed by atoms with Gasteiger partial charge in [-0.2, -0.15) is 13.9 Å². The molecule has 0 fully saturated rings. The van der Waals surface area contributed by atoms with E-state index in [0.29, 0.717) is 22.5 Å². The highest BCUT2D eigenvalue weighted by atomic mass is 19.3. The lowest BCUT2D eigenvalue weighted by atomic mass is 9.97. The number of carbonyl (C=O) groups is 1. The van der Waals surface area contributed by atoms with E-state index in [2.05, 4.69) is 25.3 Å². The number of hydrogen-bond acceptors (Lipinski definition) is 7. The first-order valence-electron chi connectivity index (χ1n) is 10.7. The van der Waals surface area contributed by atoms with Gasteiger partial charge in [-0.1, -0.05) is 18.2 Å². The lowest BCUT2D eigenvalue weighted by Gasteiger charge is -2.33. The summed E-state index contributed by atoms with van der Waals surface area (Å²) in [6.45, 7) is -2.76. The van der Waals surface area contributed by atoms with Crippen molar-refractivity contribution >= 4 is 16.9 Å². The first kappa shape index (κ1) is 22.0. The molecule has 4 aromatic heterocycles. The number of alkyl halides is 4. The Morgan fingerprint density at radius 3 is 2.75 bits per heavy atom. The topological polar surface area (TPSA) is 119 Å². The number of furan rings is 1. The number of carbonyl (C=O) groups excluding carboxylic acids is 1. The van der Waals surface area contributed by atoms with E-state index in [1.54, 1.807) is 18.2 Å². The standard InChI is InChI=1S/C22H15F4N7O3/c23-18(24)14-11-3-1-2-4-13(11)35-17(14)16-15-12(27-9-28-15)5-6-32(16)21(34)20-31-30-19(36-20)10-7-29-33(8-10)22(25)26/h1-4,7-9,16,18,22H,5-6H2,(H,27,28)/t16-/m1/s1. The second kappa shape index (κ2) is 8.32. The summed E-state index contributed by atoms with van der Waals surface area (Å²) in [5.74, 6) is -1.52. The van der Waals surface area contributed by atoms with Crippen molar-refractivity contribution in [1.29, 1.82) is 0 Å². The zero-order valence-corrected chi connectivity index (χ0v) is 18.1. The Kier molecular flexibility index (Phi) is 5.09. The normalized spacial score (nSPS) is 15.8. The van der Waals surface area contributed by atoms with Gasteiger partial charge in [0, 0.05) is 30.2 Å². The molecule has 10 nitrogen and oxygen atoms in total. The zero-order chi connectivity index (χ0) is 25.0. The van der Waals surface area contributed by atoms with Gasteiger partial charge in [0.05, 0.1) is 29.3 Å². The molecule has 1 aliphatic rings. The lowest BCUT2D eigenvalue weighted by Crippen LogP contribution is -2.41. The molecule has 1 aliphatic heterocycles. The van der Waals surface area contributed by atoms with E-state index in [4.69, 9.17) is 8.83 Å². The summed E-state index contributed by atoms with van der Waals surface area (Å²) in [7, 11) is 0. The summed E-state index contributed by atoms with van der Waals surface area (Å²) < 4.78 is 65.9. The summed E-state index contributed by atoms with van der Waals surface area (Å²) in [5.41, 5.74) is 1.02. The Hall–Kier alpha value is -4.49. The van der Waals surface area contributed by atoms with Crippen molar-refractivity contribution in [2.75, 3.05) is 6.54 Å². The molecule has 5 aromatic rings. The van der Waals surface area contributed by atoms with Crippen molar-refractivity contribution in [3.8, 4) is 11.5 Å². The molecule has 0 saturated carbocycles. The van der Waals surface area contributed by atoms with Crippen LogP contribution in [0, 0.1) is 0 Å². The number of rotatable bonds is 5. The first-order chi connectivity index (χ1) is 17.4. The van der Waals surface area contributed by atoms with Crippen molar-refractivity contribution in [3.05, 3.63) is 71.6 Å². The van der Waals surface area contributed by atoms with Crippen LogP contribution in [0.5, 0.6) is 0 Å². The summed E-state index contributed by atoms with van der Waals surface area (Å²) in [6.07, 6.45) is 0.990. The third-order valence-corrected chi connectivity index (χ3v) is 5.97. The highest BCUT2D eigenvalue weighted by Gasteiger charge is 2.41. The Morgan fingerprint density at radius 2 is 1.97 bits per heavy atom. The van der Waals surface area contributed by atoms with Gasteiger partial charge < -0.3 is 18.7 Å². The summed E-state index contributed by atoms with van der Waals surface area (Å²) >= 11 is 0. The van der Waals surface area contributed by atoms with Crippen molar-refractivity contribution in [2.24, 2.45) is 0 Å². The quantitative estimate of drug-likeness (QED) is 0.352. The van der Waals surface area contributed by atoms with E-state index in [-0.39, 0.29) is 40.3 Å². The number of halogens is 4. The maximum Gasteiger partial charge on any atom is 0.333 e. The third-order valence-electron chi connectivity index (χ3n) is 5.97. The number of H-pyrrole nitrogens is 1. The van der Waals surface area contributed by atoms with Crippen LogP contribution in [0.4, 0.5) is 17.6 Å². The van der Waals surface area contributed by atoms with Gasteiger partial charge >= 0.3 is 18.3 Å². The number of benzene rings is 1. The molecular formula is C22H15F4N7O3. The van der Waals surface area contributed by atoms with Crippen LogP contribution in [-0.4, -0.2) is 47.3 Å². The smallest absolute Gasteiger partial charge is 0.333 e. The number of nitrogens with one attached hydrogen (secondary N) is 1. The second-order valence-electron chi connectivity index (χ2n) is 7.99. The molecule has 0 unspecified atom stereocenters. The molecule has 184 valence electrons. The molecular weight excluding hydrogens is 486 g/mol. The Morgan fingerprint density at radius 1 is 1.14 bits per heavy atom. The third kappa shape index (κ3) is 3.44. The van der Waals surface area contributed by atoms with Gasteiger partial charge in [-0.25, -0.2) is 18.4 Å². The van der Waals surface area contributed by atoms with E-state index in [9.17, 15) is 22.4 Å². The van der Waals surface area contributed by atoms with Crippen molar-refractivity contribution < 1.29 is 31.2 Å². The molecule has 1 amide bonds. The van der Waals surface area contributed by atoms with E-state index in [1.165, 1.54) is 17.3 Å². The van der Waals surface area contributed by atoms with E-state index < -0.39 is 30.8 Å². The van der Waals surface area contributed by atoms with Gasteiger partial charge in [0.25, 0.3) is 12.3 Å². The molecule has 0 saturated heterocycles. The minimum Gasteiger partial charge on any atom is -0.458 e. The highest BCUT2D eigenvalue weighted by Crippen LogP contribution is 2.43. The van der Waals surface area contributed by atoms with Gasteiger partial charge in [-0.05, 0) is 6.07 Å². The van der Waals surface area contributed by atoms with Gasteiger partial charge in [0.1, 0.15) is 17.4 Å². The minimum absolute atomic E-state index is 0.0869. The maximum atomic E-state index is 14.3. The molecule has 0 bridgehead atoms. The number of imidazole rings is 1. The van der Waals surface area contributed by atoms with E-state index >= 15 is 0 Å². The molecule has 36 heavy (non-hydrogen) atoms. The highest BCUT2D eigenvalue weighted by molar-refractivity contribution is 5.91. The fourth-order valence-corrected chi connectivity index (χ4v) is 4.38. The number of amides is 1. The maximum absolute atomic E-state index is 14.3. The number of para-hydroxylation sites is 1. The van der Waals surface area contributed by atoms with Crippen LogP contribution in [0.3, 0.4) is 0 Å². The Bertz CT molecular complexity index is 1570. The van der Waals surface area contributed by atoms with Gasteiger partial charge in [0.2, 0.25) is 0 Å². The SMILES string of the molecule is O=C(c1nnc(-c2cnn(C(F)F)c2)o1)N1CCc2[nH]cnc2[C@@H]1c1oc2ccccc2c1C(F)F. The lowest BCUT2D eigenvalue weighted by molar-refractivity contribution is 0.0565. The molecule has 0 spiro atoms. The number of fused-ring (bicyclic) bond motifs is 2. The van der Waals surface area contributed by atoms with Crippen molar-refractivity contribution in [1.82, 2.24) is 34.8 Å². The molecule has 1 aromatic carbocycles. The number of nitrogens with zero attached hydrogens (tertiary/aromatic N) is 6. The van der Waals surface area contributed by atoms with Gasteiger partial charge in [-0.15, -0.1) is 10.2 Å². The van der Waals surface area contributed by atoms with Crippen LogP contribution in [0.25, 0.3) is 22.4 Å². The van der Waals surface area contributed by atoms with E-state index in [1.807, 2.05) is 0 Å². The molecule has 6 rings (SSSR count). The monoisotopic (exact) mass is 501 g/mol. The number of hydrogen-bond donors (Lipinski definition) is 1. The fraction of sp³-hybridized carbons (Fsp3) is 0.227. The number of aromatic amines is 1. The predicted molar refractivity (Wildman–Crippen MR) is 113 cm³/mol. The van der Waals surface area contributed by atoms with Gasteiger partial charge in [-0.3, -0.25) is 4.79 Å². The molecule has 1 atom stereocenters. The molecule has 0 radical (unpaired) electrons. The zero-order valence-electron chi connectivity index (χ0n) is 18.1. The van der Waals surface area contributed by atoms with E-state index in [0.717, 1.165) is 12.4 Å². The molecule has 0 aliphatic carbocycles. The largest absolute Gasteiger partial charge is 0.458 e. The van der Waals surface area contributed by atoms with Crippen LogP contribution < -0.4 is 0 Å². The summed E-state index contributed by atoms with van der Waals surface area (Å²) in [5, 5.41) is 11.2. The van der Waals surface area contributed by atoms with Crippen LogP contribution in [0.1, 0.15) is 52.4 Å². The van der Waals surface area contributed by atoms with Gasteiger partial charge in [0.15, 0.2) is 0 Å². The average Bonchev–Trinajstić information content (AvgIpc) is 3.66. The number of aromatic nitrogens is 6. The average molecular weight is 501 g/mol. The second-order valence-corrected chi connectivity index (χ2v) is 7.99. The van der Waals surface area contributed by atoms with Crippen LogP contribution >= 0.6 is 0 Å².